The second-order valence-corrected chi connectivity index (χ2v) is 7.74. The predicted molar refractivity (Wildman–Crippen MR) is 85.0 cm³/mol. The maximum absolute atomic E-state index is 2.37. The van der Waals surface area contributed by atoms with Crippen molar-refractivity contribution in [2.45, 2.75) is 39.9 Å². The molecular formula is C17H17S2+. The minimum Gasteiger partial charge on any atom is -0.0795 e. The van der Waals surface area contributed by atoms with E-state index in [2.05, 4.69) is 68.5 Å². The Balaban J connectivity index is 2.19. The third kappa shape index (κ3) is 2.35. The number of hydrogen-bond donors (Lipinski definition) is 0. The highest BCUT2D eigenvalue weighted by atomic mass is 32.2. The van der Waals surface area contributed by atoms with Crippen molar-refractivity contribution >= 4 is 22.7 Å². The van der Waals surface area contributed by atoms with Crippen molar-refractivity contribution < 1.29 is 0 Å². The molecule has 0 spiro atoms. The molecule has 0 aliphatic carbocycles. The van der Waals surface area contributed by atoms with E-state index >= 15 is 0 Å². The fourth-order valence-corrected chi connectivity index (χ4v) is 6.21. The first-order valence-corrected chi connectivity index (χ1v) is 8.62. The summed E-state index contributed by atoms with van der Waals surface area (Å²) in [6.45, 7) is 4.49. The fourth-order valence-electron chi connectivity index (χ4n) is 2.36. The van der Waals surface area contributed by atoms with Gasteiger partial charge in [-0.1, -0.05) is 43.0 Å². The summed E-state index contributed by atoms with van der Waals surface area (Å²) in [4.78, 5) is 7.27. The van der Waals surface area contributed by atoms with Crippen LogP contribution in [0.15, 0.2) is 79.1 Å². The Kier molecular flexibility index (Phi) is 3.72. The lowest BCUT2D eigenvalue weighted by Crippen LogP contribution is -2.11. The molecule has 0 saturated carbocycles. The maximum atomic E-state index is 2.37. The van der Waals surface area contributed by atoms with Crippen molar-refractivity contribution in [1.29, 1.82) is 0 Å². The van der Waals surface area contributed by atoms with Crippen LogP contribution in [-0.4, -0.2) is 0 Å². The lowest BCUT2D eigenvalue weighted by Gasteiger charge is -2.18. The topological polar surface area (TPSA) is 0 Å². The van der Waals surface area contributed by atoms with Crippen LogP contribution in [0.4, 0.5) is 0 Å². The van der Waals surface area contributed by atoms with Gasteiger partial charge in [0.2, 0.25) is 0 Å². The van der Waals surface area contributed by atoms with E-state index in [-0.39, 0.29) is 10.9 Å². The Morgan fingerprint density at radius 3 is 2.05 bits per heavy atom. The number of benzene rings is 2. The summed E-state index contributed by atoms with van der Waals surface area (Å²) in [5, 5.41) is 0. The first kappa shape index (κ1) is 12.9. The molecule has 1 heterocycles. The minimum atomic E-state index is 0.101. The average molecular weight is 285 g/mol. The van der Waals surface area contributed by atoms with Gasteiger partial charge in [0.25, 0.3) is 0 Å². The summed E-state index contributed by atoms with van der Waals surface area (Å²) in [6, 6.07) is 17.7. The number of allylic oxidation sites excluding steroid dienone is 2. The van der Waals surface area contributed by atoms with Gasteiger partial charge in [0, 0.05) is 6.92 Å². The van der Waals surface area contributed by atoms with Gasteiger partial charge in [-0.3, -0.25) is 0 Å². The van der Waals surface area contributed by atoms with Crippen molar-refractivity contribution in [3.63, 3.8) is 0 Å². The van der Waals surface area contributed by atoms with E-state index in [1.807, 2.05) is 11.8 Å². The Hall–Kier alpha value is -1.12. The molecule has 96 valence electrons. The molecule has 0 amide bonds. The van der Waals surface area contributed by atoms with Crippen LogP contribution in [0, 0.1) is 0 Å². The molecule has 0 saturated heterocycles. The van der Waals surface area contributed by atoms with Crippen molar-refractivity contribution in [2.24, 2.45) is 0 Å². The maximum Gasteiger partial charge on any atom is 0.180 e. The van der Waals surface area contributed by atoms with Gasteiger partial charge < -0.3 is 0 Å². The van der Waals surface area contributed by atoms with Crippen LogP contribution in [0.3, 0.4) is 0 Å². The minimum absolute atomic E-state index is 0.101. The molecule has 0 fully saturated rings. The van der Waals surface area contributed by atoms with Crippen molar-refractivity contribution in [3.8, 4) is 0 Å². The summed E-state index contributed by atoms with van der Waals surface area (Å²) in [5.74, 6) is 0. The monoisotopic (exact) mass is 285 g/mol. The predicted octanol–water partition coefficient (Wildman–Crippen LogP) is 5.50. The van der Waals surface area contributed by atoms with Gasteiger partial charge >= 0.3 is 0 Å². The second-order valence-electron chi connectivity index (χ2n) is 4.52. The molecule has 0 atom stereocenters. The Morgan fingerprint density at radius 1 is 1.00 bits per heavy atom. The number of fused-ring (bicyclic) bond motifs is 2. The van der Waals surface area contributed by atoms with E-state index in [1.165, 1.54) is 24.5 Å². The lowest BCUT2D eigenvalue weighted by atomic mass is 10.3. The smallest absolute Gasteiger partial charge is 0.0795 e. The molecule has 0 bridgehead atoms. The molecular weight excluding hydrogens is 268 g/mol. The highest BCUT2D eigenvalue weighted by Gasteiger charge is 2.37. The van der Waals surface area contributed by atoms with Crippen LogP contribution in [0.5, 0.6) is 0 Å². The summed E-state index contributed by atoms with van der Waals surface area (Å²) in [5.41, 5.74) is 0. The molecule has 0 unspecified atom stereocenters. The quantitative estimate of drug-likeness (QED) is 0.656. The average Bonchev–Trinajstić information content (AvgIpc) is 2.44. The Labute approximate surface area is 122 Å². The van der Waals surface area contributed by atoms with Crippen LogP contribution >= 0.6 is 11.8 Å². The SMILES string of the molecule is CC/C=C(/C)[S+]1c2ccccc2Sc2ccccc21. The molecule has 2 heteroatoms. The van der Waals surface area contributed by atoms with Gasteiger partial charge in [0.15, 0.2) is 9.79 Å². The van der Waals surface area contributed by atoms with Crippen LogP contribution in [0.1, 0.15) is 20.3 Å². The molecule has 0 aromatic heterocycles. The van der Waals surface area contributed by atoms with E-state index in [1.54, 1.807) is 0 Å². The van der Waals surface area contributed by atoms with Gasteiger partial charge in [-0.25, -0.2) is 0 Å². The molecule has 0 nitrogen and oxygen atoms in total. The zero-order valence-electron chi connectivity index (χ0n) is 11.2. The highest BCUT2D eigenvalue weighted by molar-refractivity contribution is 8.05. The normalized spacial score (nSPS) is 14.9. The molecule has 1 aliphatic heterocycles. The molecule has 0 N–H and O–H groups in total. The van der Waals surface area contributed by atoms with E-state index in [0.717, 1.165) is 6.42 Å². The van der Waals surface area contributed by atoms with Gasteiger partial charge in [0.05, 0.1) is 20.7 Å². The van der Waals surface area contributed by atoms with Gasteiger partial charge in [-0.2, -0.15) is 0 Å². The molecule has 2 aromatic carbocycles. The third-order valence-electron chi connectivity index (χ3n) is 3.17. The molecule has 3 rings (SSSR count). The standard InChI is InChI=1S/C17H17S2/c1-3-8-13(2)19-16-11-6-4-9-14(16)18-15-10-5-7-12-17(15)19/h4-12H,3H2,1-2H3/q+1/b13-8-. The van der Waals surface area contributed by atoms with E-state index in [9.17, 15) is 0 Å². The van der Waals surface area contributed by atoms with Crippen LogP contribution in [-0.2, 0) is 10.9 Å². The highest BCUT2D eigenvalue weighted by Crippen LogP contribution is 2.47. The zero-order chi connectivity index (χ0) is 13.2. The summed E-state index contributed by atoms with van der Waals surface area (Å²) in [7, 11) is 0.101. The largest absolute Gasteiger partial charge is 0.180 e. The van der Waals surface area contributed by atoms with E-state index < -0.39 is 0 Å². The zero-order valence-corrected chi connectivity index (χ0v) is 12.9. The first-order valence-electron chi connectivity index (χ1n) is 6.58. The first-order chi connectivity index (χ1) is 9.31. The van der Waals surface area contributed by atoms with Crippen LogP contribution < -0.4 is 0 Å². The molecule has 19 heavy (non-hydrogen) atoms. The molecule has 2 aromatic rings. The Bertz CT molecular complexity index is 583. The fraction of sp³-hybridized carbons (Fsp3) is 0.176. The van der Waals surface area contributed by atoms with Gasteiger partial charge in [0.1, 0.15) is 4.91 Å². The summed E-state index contributed by atoms with van der Waals surface area (Å²) < 4.78 is 0. The van der Waals surface area contributed by atoms with E-state index in [4.69, 9.17) is 0 Å². The van der Waals surface area contributed by atoms with E-state index in [0.29, 0.717) is 0 Å². The molecule has 0 radical (unpaired) electrons. The van der Waals surface area contributed by atoms with Crippen LogP contribution in [0.2, 0.25) is 0 Å². The Morgan fingerprint density at radius 2 is 1.53 bits per heavy atom. The number of rotatable bonds is 2. The van der Waals surface area contributed by atoms with Gasteiger partial charge in [-0.05, 0) is 36.8 Å². The number of hydrogen-bond acceptors (Lipinski definition) is 1. The van der Waals surface area contributed by atoms with Gasteiger partial charge in [-0.15, -0.1) is 0 Å². The lowest BCUT2D eigenvalue weighted by molar-refractivity contribution is 1.13. The van der Waals surface area contributed by atoms with Crippen molar-refractivity contribution in [2.75, 3.05) is 0 Å². The summed E-state index contributed by atoms with van der Waals surface area (Å²) in [6.07, 6.45) is 3.47. The summed E-state index contributed by atoms with van der Waals surface area (Å²) >= 11 is 1.90. The van der Waals surface area contributed by atoms with Crippen molar-refractivity contribution in [3.05, 3.63) is 59.5 Å². The van der Waals surface area contributed by atoms with Crippen LogP contribution in [0.25, 0.3) is 0 Å². The second kappa shape index (κ2) is 5.48. The molecule has 1 aliphatic rings. The third-order valence-corrected chi connectivity index (χ3v) is 6.98. The van der Waals surface area contributed by atoms with Crippen molar-refractivity contribution in [1.82, 2.24) is 0 Å².